The van der Waals surface area contributed by atoms with E-state index < -0.39 is 0 Å². The van der Waals surface area contributed by atoms with Crippen molar-refractivity contribution in [2.75, 3.05) is 13.1 Å². The first-order valence-electron chi connectivity index (χ1n) is 5.63. The van der Waals surface area contributed by atoms with Gasteiger partial charge in [-0.25, -0.2) is 0 Å². The predicted octanol–water partition coefficient (Wildman–Crippen LogP) is 2.85. The van der Waals surface area contributed by atoms with Crippen molar-refractivity contribution in [3.05, 3.63) is 35.4 Å². The van der Waals surface area contributed by atoms with E-state index in [9.17, 15) is 0 Å². The highest BCUT2D eigenvalue weighted by Gasteiger charge is 2.13. The quantitative estimate of drug-likeness (QED) is 0.716. The van der Waals surface area contributed by atoms with Gasteiger partial charge in [0.25, 0.3) is 0 Å². The van der Waals surface area contributed by atoms with Crippen molar-refractivity contribution in [1.82, 2.24) is 5.32 Å². The molecule has 0 spiro atoms. The van der Waals surface area contributed by atoms with E-state index in [4.69, 9.17) is 0 Å². The minimum absolute atomic E-state index is 0.734. The molecule has 0 aliphatic carbocycles. The molecule has 1 atom stereocenters. The maximum atomic E-state index is 3.51. The molecule has 1 unspecified atom stereocenters. The number of rotatable bonds is 1. The molecule has 0 aromatic heterocycles. The Bertz CT molecular complexity index is 268. The summed E-state index contributed by atoms with van der Waals surface area (Å²) in [6, 6.07) is 9.01. The van der Waals surface area contributed by atoms with Crippen molar-refractivity contribution in [2.45, 2.75) is 32.1 Å². The van der Waals surface area contributed by atoms with Crippen molar-refractivity contribution in [3.8, 4) is 0 Å². The van der Waals surface area contributed by atoms with Crippen molar-refractivity contribution < 1.29 is 0 Å². The molecule has 14 heavy (non-hydrogen) atoms. The molecule has 1 heterocycles. The summed E-state index contributed by atoms with van der Waals surface area (Å²) in [5, 5.41) is 3.51. The van der Waals surface area contributed by atoms with Gasteiger partial charge in [0.1, 0.15) is 0 Å². The maximum absolute atomic E-state index is 3.51. The molecule has 0 radical (unpaired) electrons. The summed E-state index contributed by atoms with van der Waals surface area (Å²) in [4.78, 5) is 0. The molecule has 1 aliphatic rings. The second-order valence-corrected chi connectivity index (χ2v) is 4.31. The van der Waals surface area contributed by atoms with Gasteiger partial charge in [-0.3, -0.25) is 0 Å². The van der Waals surface area contributed by atoms with Gasteiger partial charge in [0.15, 0.2) is 0 Å². The van der Waals surface area contributed by atoms with Crippen molar-refractivity contribution >= 4 is 0 Å². The highest BCUT2D eigenvalue weighted by molar-refractivity contribution is 5.24. The van der Waals surface area contributed by atoms with Gasteiger partial charge in [-0.1, -0.05) is 36.2 Å². The maximum Gasteiger partial charge on any atom is 0.00201 e. The van der Waals surface area contributed by atoms with Gasteiger partial charge in [-0.15, -0.1) is 0 Å². The summed E-state index contributed by atoms with van der Waals surface area (Å²) >= 11 is 0. The van der Waals surface area contributed by atoms with Gasteiger partial charge >= 0.3 is 0 Å². The normalized spacial score (nSPS) is 23.1. The molecule has 1 aliphatic heterocycles. The summed E-state index contributed by atoms with van der Waals surface area (Å²) in [6.07, 6.45) is 4.05. The van der Waals surface area contributed by atoms with E-state index in [1.807, 2.05) is 0 Å². The summed E-state index contributed by atoms with van der Waals surface area (Å²) in [5.74, 6) is 0.734. The SMILES string of the molecule is Cc1ccc(C2CCCCNC2)cc1. The molecule has 1 nitrogen and oxygen atoms in total. The average molecular weight is 189 g/mol. The van der Waals surface area contributed by atoms with E-state index in [1.165, 1.54) is 36.9 Å². The molecule has 2 rings (SSSR count). The Hall–Kier alpha value is -0.820. The molecular weight excluding hydrogens is 170 g/mol. The molecule has 0 saturated carbocycles. The number of nitrogens with one attached hydrogen (secondary N) is 1. The van der Waals surface area contributed by atoms with Crippen LogP contribution in [0.15, 0.2) is 24.3 Å². The zero-order valence-electron chi connectivity index (χ0n) is 8.92. The third kappa shape index (κ3) is 2.36. The predicted molar refractivity (Wildman–Crippen MR) is 60.6 cm³/mol. The fraction of sp³-hybridized carbons (Fsp3) is 0.538. The van der Waals surface area contributed by atoms with Gasteiger partial charge in [-0.05, 0) is 37.8 Å². The van der Waals surface area contributed by atoms with Crippen LogP contribution in [-0.4, -0.2) is 13.1 Å². The van der Waals surface area contributed by atoms with E-state index >= 15 is 0 Å². The van der Waals surface area contributed by atoms with E-state index in [1.54, 1.807) is 0 Å². The fourth-order valence-electron chi connectivity index (χ4n) is 2.14. The van der Waals surface area contributed by atoms with Crippen LogP contribution in [0.2, 0.25) is 0 Å². The van der Waals surface area contributed by atoms with Crippen LogP contribution in [0.3, 0.4) is 0 Å². The minimum atomic E-state index is 0.734. The Balaban J connectivity index is 2.08. The molecule has 1 fully saturated rings. The highest BCUT2D eigenvalue weighted by atomic mass is 14.9. The van der Waals surface area contributed by atoms with Crippen LogP contribution in [0.25, 0.3) is 0 Å². The molecule has 1 saturated heterocycles. The lowest BCUT2D eigenvalue weighted by Gasteiger charge is -2.14. The molecule has 0 amide bonds. The van der Waals surface area contributed by atoms with Gasteiger partial charge in [-0.2, -0.15) is 0 Å². The molecule has 76 valence electrons. The second kappa shape index (κ2) is 4.61. The van der Waals surface area contributed by atoms with Crippen molar-refractivity contribution in [1.29, 1.82) is 0 Å². The Morgan fingerprint density at radius 3 is 2.71 bits per heavy atom. The Labute approximate surface area is 86.5 Å². The molecule has 1 N–H and O–H groups in total. The second-order valence-electron chi connectivity index (χ2n) is 4.31. The minimum Gasteiger partial charge on any atom is -0.316 e. The third-order valence-electron chi connectivity index (χ3n) is 3.10. The first-order valence-corrected chi connectivity index (χ1v) is 5.63. The van der Waals surface area contributed by atoms with Gasteiger partial charge in [0.2, 0.25) is 0 Å². The monoisotopic (exact) mass is 189 g/mol. The van der Waals surface area contributed by atoms with E-state index in [0.29, 0.717) is 0 Å². The third-order valence-corrected chi connectivity index (χ3v) is 3.10. The van der Waals surface area contributed by atoms with E-state index in [2.05, 4.69) is 36.5 Å². The van der Waals surface area contributed by atoms with Gasteiger partial charge in [0.05, 0.1) is 0 Å². The molecule has 0 bridgehead atoms. The summed E-state index contributed by atoms with van der Waals surface area (Å²) in [6.45, 7) is 4.50. The fourth-order valence-corrected chi connectivity index (χ4v) is 2.14. The summed E-state index contributed by atoms with van der Waals surface area (Å²) in [7, 11) is 0. The largest absolute Gasteiger partial charge is 0.316 e. The summed E-state index contributed by atoms with van der Waals surface area (Å²) < 4.78 is 0. The first kappa shape index (κ1) is 9.72. The standard InChI is InChI=1S/C13H19N/c1-11-5-7-12(8-6-11)13-4-2-3-9-14-10-13/h5-8,13-14H,2-4,9-10H2,1H3. The van der Waals surface area contributed by atoms with Crippen LogP contribution >= 0.6 is 0 Å². The van der Waals surface area contributed by atoms with Crippen LogP contribution < -0.4 is 5.32 Å². The highest BCUT2D eigenvalue weighted by Crippen LogP contribution is 2.23. The van der Waals surface area contributed by atoms with E-state index in [0.717, 1.165) is 12.5 Å². The zero-order chi connectivity index (χ0) is 9.80. The molecule has 1 heteroatoms. The number of hydrogen-bond donors (Lipinski definition) is 1. The van der Waals surface area contributed by atoms with Gasteiger partial charge in [0, 0.05) is 6.54 Å². The lowest BCUT2D eigenvalue weighted by Crippen LogP contribution is -2.19. The van der Waals surface area contributed by atoms with Gasteiger partial charge < -0.3 is 5.32 Å². The molecule has 1 aromatic carbocycles. The Kier molecular flexibility index (Phi) is 3.20. The number of aryl methyl sites for hydroxylation is 1. The Morgan fingerprint density at radius 2 is 1.93 bits per heavy atom. The van der Waals surface area contributed by atoms with Crippen LogP contribution in [0, 0.1) is 6.92 Å². The topological polar surface area (TPSA) is 12.0 Å². The Morgan fingerprint density at radius 1 is 1.14 bits per heavy atom. The molecule has 1 aromatic rings. The average Bonchev–Trinajstić information content (AvgIpc) is 2.47. The van der Waals surface area contributed by atoms with Crippen LogP contribution in [0.1, 0.15) is 36.3 Å². The van der Waals surface area contributed by atoms with Crippen molar-refractivity contribution in [2.24, 2.45) is 0 Å². The zero-order valence-corrected chi connectivity index (χ0v) is 8.92. The smallest absolute Gasteiger partial charge is 0.00201 e. The van der Waals surface area contributed by atoms with Crippen LogP contribution in [-0.2, 0) is 0 Å². The van der Waals surface area contributed by atoms with Crippen LogP contribution in [0.4, 0.5) is 0 Å². The lowest BCUT2D eigenvalue weighted by molar-refractivity contribution is 0.610. The number of hydrogen-bond acceptors (Lipinski definition) is 1. The first-order chi connectivity index (χ1) is 6.86. The lowest BCUT2D eigenvalue weighted by atomic mass is 9.94. The van der Waals surface area contributed by atoms with E-state index in [-0.39, 0.29) is 0 Å². The molecular formula is C13H19N. The summed E-state index contributed by atoms with van der Waals surface area (Å²) in [5.41, 5.74) is 2.86. The van der Waals surface area contributed by atoms with Crippen LogP contribution in [0.5, 0.6) is 0 Å². The number of benzene rings is 1. The van der Waals surface area contributed by atoms with Crippen molar-refractivity contribution in [3.63, 3.8) is 0 Å².